The van der Waals surface area contributed by atoms with Crippen LogP contribution in [0.4, 0.5) is 0 Å². The number of nitrogens with two attached hydrogens (primary N) is 2. The highest BCUT2D eigenvalue weighted by molar-refractivity contribution is 7.80. The number of amides is 4. The summed E-state index contributed by atoms with van der Waals surface area (Å²) < 4.78 is 0. The molecule has 0 spiro atoms. The van der Waals surface area contributed by atoms with Crippen LogP contribution in [0.3, 0.4) is 0 Å². The first-order valence-electron chi connectivity index (χ1n) is 10.6. The van der Waals surface area contributed by atoms with Gasteiger partial charge in [0.2, 0.25) is 23.6 Å². The monoisotopic (exact) mass is 513 g/mol. The van der Waals surface area contributed by atoms with Gasteiger partial charge < -0.3 is 42.7 Å². The van der Waals surface area contributed by atoms with Gasteiger partial charge in [0.05, 0.1) is 12.1 Å². The summed E-state index contributed by atoms with van der Waals surface area (Å²) in [5, 5.41) is 35.8. The first-order chi connectivity index (χ1) is 16.3. The number of primary amides is 1. The smallest absolute Gasteiger partial charge is 0.326 e. The first-order valence-corrected chi connectivity index (χ1v) is 11.2. The molecule has 0 saturated heterocycles. The lowest BCUT2D eigenvalue weighted by Crippen LogP contribution is -2.60. The quantitative estimate of drug-likeness (QED) is 0.118. The number of rotatable bonds is 14. The second kappa shape index (κ2) is 14.1. The van der Waals surface area contributed by atoms with Gasteiger partial charge in [0.15, 0.2) is 0 Å². The number of carbonyl (C=O) groups excluding carboxylic acids is 4. The van der Waals surface area contributed by atoms with Crippen molar-refractivity contribution in [2.45, 2.75) is 56.5 Å². The molecular weight excluding hydrogens is 482 g/mol. The number of carboxylic acids is 1. The Bertz CT molecular complexity index is 911. The Hall–Kier alpha value is -3.36. The summed E-state index contributed by atoms with van der Waals surface area (Å²) in [5.41, 5.74) is 11.1. The average molecular weight is 514 g/mol. The van der Waals surface area contributed by atoms with E-state index in [0.717, 1.165) is 0 Å². The summed E-state index contributed by atoms with van der Waals surface area (Å²) in [6, 6.07) is 0.354. The molecule has 0 fully saturated rings. The number of hydrogen-bond acceptors (Lipinski definition) is 9. The average Bonchev–Trinajstić information content (AvgIpc) is 2.79. The highest BCUT2D eigenvalue weighted by atomic mass is 32.1. The molecule has 0 aromatic heterocycles. The van der Waals surface area contributed by atoms with Crippen molar-refractivity contribution in [2.75, 3.05) is 5.75 Å². The van der Waals surface area contributed by atoms with Crippen molar-refractivity contribution in [2.24, 2.45) is 11.5 Å². The lowest BCUT2D eigenvalue weighted by Gasteiger charge is -2.26. The molecule has 14 heteroatoms. The summed E-state index contributed by atoms with van der Waals surface area (Å²) in [4.78, 5) is 60.5. The van der Waals surface area contributed by atoms with Crippen LogP contribution in [-0.2, 0) is 30.4 Å². The molecule has 4 amide bonds. The van der Waals surface area contributed by atoms with Crippen LogP contribution in [0, 0.1) is 0 Å². The minimum absolute atomic E-state index is 0.0201. The fourth-order valence-electron chi connectivity index (χ4n) is 2.90. The molecule has 0 heterocycles. The van der Waals surface area contributed by atoms with Crippen molar-refractivity contribution in [3.63, 3.8) is 0 Å². The number of phenols is 1. The van der Waals surface area contributed by atoms with Crippen LogP contribution in [0.25, 0.3) is 0 Å². The van der Waals surface area contributed by atoms with E-state index in [1.807, 2.05) is 0 Å². The van der Waals surface area contributed by atoms with Crippen molar-refractivity contribution in [1.29, 1.82) is 0 Å². The summed E-state index contributed by atoms with van der Waals surface area (Å²) >= 11 is 3.91. The number of aliphatic hydroxyl groups is 1. The molecule has 194 valence electrons. The Morgan fingerprint density at radius 2 is 1.54 bits per heavy atom. The van der Waals surface area contributed by atoms with Crippen molar-refractivity contribution in [1.82, 2.24) is 16.0 Å². The van der Waals surface area contributed by atoms with Gasteiger partial charge in [-0.1, -0.05) is 12.1 Å². The van der Waals surface area contributed by atoms with Gasteiger partial charge in [-0.3, -0.25) is 19.2 Å². The number of aliphatic hydroxyl groups excluding tert-OH is 1. The topological polar surface area (TPSA) is 234 Å². The third kappa shape index (κ3) is 10.2. The standard InChI is InChI=1S/C21H31N5O8S/c1-10(27)17(26-18(30)13(22)9-35)20(32)25-15(8-11-2-4-12(28)5-3-11)19(31)24-14(21(33)34)6-7-16(23)29/h2-5,10,13-15,17,27-28,35H,6-9,22H2,1H3,(H2,23,29)(H,24,31)(H,25,32)(H,26,30)(H,33,34). The highest BCUT2D eigenvalue weighted by Gasteiger charge is 2.32. The molecule has 0 bridgehead atoms. The predicted molar refractivity (Wildman–Crippen MR) is 127 cm³/mol. The van der Waals surface area contributed by atoms with E-state index in [-0.39, 0.29) is 30.8 Å². The predicted octanol–water partition coefficient (Wildman–Crippen LogP) is -2.62. The zero-order chi connectivity index (χ0) is 26.7. The van der Waals surface area contributed by atoms with Crippen molar-refractivity contribution in [3.05, 3.63) is 29.8 Å². The van der Waals surface area contributed by atoms with E-state index in [1.54, 1.807) is 0 Å². The van der Waals surface area contributed by atoms with Gasteiger partial charge in [-0.15, -0.1) is 0 Å². The number of nitrogens with one attached hydrogen (secondary N) is 3. The SMILES string of the molecule is CC(O)C(NC(=O)C(N)CS)C(=O)NC(Cc1ccc(O)cc1)C(=O)NC(CCC(N)=O)C(=O)O. The van der Waals surface area contributed by atoms with Crippen LogP contribution in [0.2, 0.25) is 0 Å². The van der Waals surface area contributed by atoms with Crippen LogP contribution in [0.1, 0.15) is 25.3 Å². The Kier molecular flexibility index (Phi) is 12.0. The Balaban J connectivity index is 3.13. The number of phenolic OH excluding ortho intramolecular Hbond substituents is 1. The van der Waals surface area contributed by atoms with Gasteiger partial charge in [-0.05, 0) is 31.0 Å². The Labute approximate surface area is 207 Å². The summed E-state index contributed by atoms with van der Waals surface area (Å²) in [6.45, 7) is 1.25. The molecule has 0 aliphatic heterocycles. The highest BCUT2D eigenvalue weighted by Crippen LogP contribution is 2.12. The first kappa shape index (κ1) is 29.7. The van der Waals surface area contributed by atoms with Gasteiger partial charge in [0.25, 0.3) is 0 Å². The van der Waals surface area contributed by atoms with E-state index in [9.17, 15) is 39.3 Å². The second-order valence-electron chi connectivity index (χ2n) is 7.85. The van der Waals surface area contributed by atoms with Gasteiger partial charge in [0, 0.05) is 18.6 Å². The van der Waals surface area contributed by atoms with Gasteiger partial charge in [-0.2, -0.15) is 12.6 Å². The summed E-state index contributed by atoms with van der Waals surface area (Å²) in [5.74, 6) is -4.80. The third-order valence-corrected chi connectivity index (χ3v) is 5.29. The molecule has 0 aliphatic carbocycles. The van der Waals surface area contributed by atoms with Crippen molar-refractivity contribution >= 4 is 42.2 Å². The number of aromatic hydroxyl groups is 1. The molecule has 13 nitrogen and oxygen atoms in total. The van der Waals surface area contributed by atoms with Gasteiger partial charge in [0.1, 0.15) is 23.9 Å². The number of hydrogen-bond donors (Lipinski definition) is 9. The van der Waals surface area contributed by atoms with E-state index in [4.69, 9.17) is 11.5 Å². The van der Waals surface area contributed by atoms with Crippen LogP contribution in [0.5, 0.6) is 5.75 Å². The number of carboxylic acid groups (broad SMARTS) is 1. The maximum absolute atomic E-state index is 12.9. The lowest BCUT2D eigenvalue weighted by molar-refractivity contribution is -0.142. The lowest BCUT2D eigenvalue weighted by atomic mass is 10.0. The molecule has 0 radical (unpaired) electrons. The van der Waals surface area contributed by atoms with Gasteiger partial charge >= 0.3 is 5.97 Å². The van der Waals surface area contributed by atoms with Gasteiger partial charge in [-0.25, -0.2) is 4.79 Å². The number of thiol groups is 1. The fraction of sp³-hybridized carbons (Fsp3) is 0.476. The summed E-state index contributed by atoms with van der Waals surface area (Å²) in [6.07, 6.45) is -2.07. The molecular formula is C21H31N5O8S. The van der Waals surface area contributed by atoms with Crippen LogP contribution < -0.4 is 27.4 Å². The number of aliphatic carboxylic acids is 1. The molecule has 1 rings (SSSR count). The van der Waals surface area contributed by atoms with E-state index in [1.165, 1.54) is 31.2 Å². The zero-order valence-corrected chi connectivity index (χ0v) is 19.9. The molecule has 5 atom stereocenters. The number of carbonyl (C=O) groups is 5. The third-order valence-electron chi connectivity index (χ3n) is 4.90. The van der Waals surface area contributed by atoms with Crippen LogP contribution in [0.15, 0.2) is 24.3 Å². The van der Waals surface area contributed by atoms with E-state index >= 15 is 0 Å². The fourth-order valence-corrected chi connectivity index (χ4v) is 3.07. The minimum atomic E-state index is -1.48. The van der Waals surface area contributed by atoms with E-state index in [2.05, 4.69) is 28.6 Å². The minimum Gasteiger partial charge on any atom is -0.508 e. The zero-order valence-electron chi connectivity index (χ0n) is 19.0. The van der Waals surface area contributed by atoms with E-state index < -0.39 is 59.9 Å². The molecule has 10 N–H and O–H groups in total. The van der Waals surface area contributed by atoms with E-state index in [0.29, 0.717) is 5.56 Å². The number of benzene rings is 1. The molecule has 1 aromatic rings. The molecule has 1 aromatic carbocycles. The van der Waals surface area contributed by atoms with Crippen LogP contribution >= 0.6 is 12.6 Å². The largest absolute Gasteiger partial charge is 0.508 e. The molecule has 0 aliphatic rings. The van der Waals surface area contributed by atoms with Crippen LogP contribution in [-0.4, -0.2) is 80.9 Å². The second-order valence-corrected chi connectivity index (χ2v) is 8.22. The summed E-state index contributed by atoms with van der Waals surface area (Å²) in [7, 11) is 0. The Morgan fingerprint density at radius 3 is 2.03 bits per heavy atom. The van der Waals surface area contributed by atoms with Crippen molar-refractivity contribution < 1.29 is 39.3 Å². The maximum atomic E-state index is 12.9. The van der Waals surface area contributed by atoms with Crippen molar-refractivity contribution in [3.8, 4) is 5.75 Å². The normalized spacial score (nSPS) is 15.1. The maximum Gasteiger partial charge on any atom is 0.326 e. The molecule has 5 unspecified atom stereocenters. The molecule has 0 saturated carbocycles. The molecule has 35 heavy (non-hydrogen) atoms. The Morgan fingerprint density at radius 1 is 0.971 bits per heavy atom.